The summed E-state index contributed by atoms with van der Waals surface area (Å²) in [6, 6.07) is 3.30. The summed E-state index contributed by atoms with van der Waals surface area (Å²) < 4.78 is 27.4. The molecule has 31 heavy (non-hydrogen) atoms. The molecule has 5 rings (SSSR count). The van der Waals surface area contributed by atoms with Crippen LogP contribution in [-0.4, -0.2) is 5.78 Å². The number of carbonyl (C=O) groups excluding carboxylic acids is 1. The molecule has 8 atom stereocenters. The van der Waals surface area contributed by atoms with E-state index in [0.717, 1.165) is 54.9 Å². The number of carbonyl (C=O) groups is 1. The molecule has 4 aliphatic rings. The monoisotopic (exact) mass is 430 g/mol. The van der Waals surface area contributed by atoms with E-state index in [9.17, 15) is 13.6 Å². The summed E-state index contributed by atoms with van der Waals surface area (Å²) in [5, 5.41) is 0. The molecule has 0 heterocycles. The van der Waals surface area contributed by atoms with Crippen LogP contribution in [0.25, 0.3) is 0 Å². The standard InChI is InChI=1S/C26H34F2O.C2H6/c1-15-3-5-20-16(11-15)4-6-22-21(20)9-10-26(2)23(22)7-8-24(26)25(29)17-12-18(27)14-19(28)13-17;1-2/h12-16,20-24H,3-11H2,1-2H3;1-2H3. The molecule has 172 valence electrons. The first-order chi connectivity index (χ1) is 14.9. The smallest absolute Gasteiger partial charge is 0.166 e. The number of ketones is 1. The lowest BCUT2D eigenvalue weighted by atomic mass is 9.49. The second kappa shape index (κ2) is 8.94. The summed E-state index contributed by atoms with van der Waals surface area (Å²) >= 11 is 0. The molecular weight excluding hydrogens is 390 g/mol. The molecule has 4 aliphatic carbocycles. The Bertz CT molecular complexity index is 784. The van der Waals surface area contributed by atoms with Crippen molar-refractivity contribution in [3.63, 3.8) is 0 Å². The van der Waals surface area contributed by atoms with E-state index < -0.39 is 11.6 Å². The summed E-state index contributed by atoms with van der Waals surface area (Å²) in [4.78, 5) is 13.3. The van der Waals surface area contributed by atoms with E-state index in [4.69, 9.17) is 0 Å². The highest BCUT2D eigenvalue weighted by Crippen LogP contribution is 2.64. The third-order valence-corrected chi connectivity index (χ3v) is 9.68. The molecule has 1 nitrogen and oxygen atoms in total. The van der Waals surface area contributed by atoms with Gasteiger partial charge in [0.15, 0.2) is 5.78 Å². The van der Waals surface area contributed by atoms with Gasteiger partial charge in [-0.25, -0.2) is 8.78 Å². The van der Waals surface area contributed by atoms with Crippen molar-refractivity contribution in [1.29, 1.82) is 0 Å². The van der Waals surface area contributed by atoms with Crippen LogP contribution in [0.1, 0.15) is 95.8 Å². The van der Waals surface area contributed by atoms with Crippen LogP contribution in [0.2, 0.25) is 0 Å². The second-order valence-electron chi connectivity index (χ2n) is 11.1. The Balaban J connectivity index is 0.00000112. The van der Waals surface area contributed by atoms with Gasteiger partial charge in [0.05, 0.1) is 0 Å². The van der Waals surface area contributed by atoms with Crippen molar-refractivity contribution in [3.8, 4) is 0 Å². The lowest BCUT2D eigenvalue weighted by Crippen LogP contribution is -2.49. The molecule has 0 N–H and O–H groups in total. The first-order valence-corrected chi connectivity index (χ1v) is 12.9. The largest absolute Gasteiger partial charge is 0.294 e. The van der Waals surface area contributed by atoms with Crippen LogP contribution < -0.4 is 0 Å². The van der Waals surface area contributed by atoms with Crippen LogP contribution in [0, 0.1) is 58.5 Å². The van der Waals surface area contributed by atoms with Crippen molar-refractivity contribution in [2.45, 2.75) is 85.5 Å². The minimum absolute atomic E-state index is 0.00413. The molecule has 0 saturated heterocycles. The maximum atomic E-state index is 13.7. The summed E-state index contributed by atoms with van der Waals surface area (Å²) in [6.45, 7) is 8.73. The van der Waals surface area contributed by atoms with Crippen molar-refractivity contribution in [3.05, 3.63) is 35.4 Å². The number of fused-ring (bicyclic) bond motifs is 5. The predicted octanol–water partition coefficient (Wildman–Crippen LogP) is 8.08. The molecule has 0 spiro atoms. The van der Waals surface area contributed by atoms with Crippen LogP contribution in [-0.2, 0) is 0 Å². The Morgan fingerprint density at radius 1 is 0.871 bits per heavy atom. The molecule has 0 aliphatic heterocycles. The highest BCUT2D eigenvalue weighted by atomic mass is 19.1. The van der Waals surface area contributed by atoms with Crippen LogP contribution in [0.3, 0.4) is 0 Å². The fourth-order valence-corrected chi connectivity index (χ4v) is 8.42. The first-order valence-electron chi connectivity index (χ1n) is 12.9. The number of Topliss-reactive ketones (excluding diaryl/α,β-unsaturated/α-hetero) is 1. The van der Waals surface area contributed by atoms with E-state index in [1.807, 2.05) is 13.8 Å². The van der Waals surface area contributed by atoms with Gasteiger partial charge in [-0.2, -0.15) is 0 Å². The van der Waals surface area contributed by atoms with Crippen LogP contribution in [0.15, 0.2) is 18.2 Å². The average molecular weight is 431 g/mol. The zero-order chi connectivity index (χ0) is 22.3. The van der Waals surface area contributed by atoms with E-state index in [1.165, 1.54) is 50.7 Å². The highest BCUT2D eigenvalue weighted by Gasteiger charge is 2.58. The fraction of sp³-hybridized carbons (Fsp3) is 0.750. The summed E-state index contributed by atoms with van der Waals surface area (Å²) in [5.74, 6) is 3.51. The van der Waals surface area contributed by atoms with Gasteiger partial charge in [-0.15, -0.1) is 0 Å². The first kappa shape index (κ1) is 22.9. The third-order valence-electron chi connectivity index (χ3n) is 9.68. The van der Waals surface area contributed by atoms with Crippen LogP contribution in [0.5, 0.6) is 0 Å². The maximum Gasteiger partial charge on any atom is 0.166 e. The Kier molecular flexibility index (Phi) is 6.62. The molecule has 0 aromatic heterocycles. The molecular formula is C28H40F2O. The lowest BCUT2D eigenvalue weighted by Gasteiger charge is -2.56. The minimum Gasteiger partial charge on any atom is -0.294 e. The average Bonchev–Trinajstić information content (AvgIpc) is 3.10. The summed E-state index contributed by atoms with van der Waals surface area (Å²) in [6.07, 6.45) is 11.2. The maximum absolute atomic E-state index is 13.7. The van der Waals surface area contributed by atoms with Crippen molar-refractivity contribution in [2.75, 3.05) is 0 Å². The van der Waals surface area contributed by atoms with E-state index in [0.29, 0.717) is 5.92 Å². The molecule has 8 unspecified atom stereocenters. The second-order valence-corrected chi connectivity index (χ2v) is 11.1. The van der Waals surface area contributed by atoms with Gasteiger partial charge in [0.25, 0.3) is 0 Å². The third kappa shape index (κ3) is 4.00. The van der Waals surface area contributed by atoms with Gasteiger partial charge < -0.3 is 0 Å². The lowest BCUT2D eigenvalue weighted by molar-refractivity contribution is -0.0634. The number of halogens is 2. The topological polar surface area (TPSA) is 17.1 Å². The minimum atomic E-state index is -0.651. The number of hydrogen-bond donors (Lipinski definition) is 0. The molecule has 1 aromatic rings. The molecule has 4 saturated carbocycles. The summed E-state index contributed by atoms with van der Waals surface area (Å²) in [5.41, 5.74) is 0.219. The van der Waals surface area contributed by atoms with Crippen molar-refractivity contribution in [2.24, 2.45) is 46.8 Å². The van der Waals surface area contributed by atoms with Gasteiger partial charge in [-0.3, -0.25) is 4.79 Å². The Morgan fingerprint density at radius 3 is 2.26 bits per heavy atom. The zero-order valence-corrected chi connectivity index (χ0v) is 19.8. The Morgan fingerprint density at radius 2 is 1.55 bits per heavy atom. The summed E-state index contributed by atoms with van der Waals surface area (Å²) in [7, 11) is 0. The SMILES string of the molecule is CC.CC1CCC2C(CCC3C2CCC2(C)C(C(=O)c4cc(F)cc(F)c4)CCC32)C1. The van der Waals surface area contributed by atoms with Gasteiger partial charge in [-0.05, 0) is 104 Å². The van der Waals surface area contributed by atoms with Crippen LogP contribution in [0.4, 0.5) is 8.78 Å². The van der Waals surface area contributed by atoms with Gasteiger partial charge in [0.2, 0.25) is 0 Å². The Labute approximate surface area is 187 Å². The van der Waals surface area contributed by atoms with Gasteiger partial charge in [-0.1, -0.05) is 34.1 Å². The normalized spacial score (nSPS) is 41.3. The van der Waals surface area contributed by atoms with Gasteiger partial charge in [0, 0.05) is 17.5 Å². The molecule has 4 fully saturated rings. The van der Waals surface area contributed by atoms with Gasteiger partial charge >= 0.3 is 0 Å². The van der Waals surface area contributed by atoms with Crippen molar-refractivity contribution in [1.82, 2.24) is 0 Å². The number of benzene rings is 1. The number of rotatable bonds is 2. The Hall–Kier alpha value is -1.25. The van der Waals surface area contributed by atoms with E-state index in [-0.39, 0.29) is 22.7 Å². The predicted molar refractivity (Wildman–Crippen MR) is 122 cm³/mol. The molecule has 3 heteroatoms. The van der Waals surface area contributed by atoms with E-state index in [2.05, 4.69) is 13.8 Å². The van der Waals surface area contributed by atoms with Gasteiger partial charge in [0.1, 0.15) is 11.6 Å². The van der Waals surface area contributed by atoms with Crippen molar-refractivity contribution >= 4 is 5.78 Å². The molecule has 0 bridgehead atoms. The molecule has 0 amide bonds. The van der Waals surface area contributed by atoms with E-state index >= 15 is 0 Å². The molecule has 0 radical (unpaired) electrons. The quantitative estimate of drug-likeness (QED) is 0.433. The van der Waals surface area contributed by atoms with Crippen LogP contribution >= 0.6 is 0 Å². The fourth-order valence-electron chi connectivity index (χ4n) is 8.42. The van der Waals surface area contributed by atoms with E-state index in [1.54, 1.807) is 0 Å². The molecule has 1 aromatic carbocycles. The highest BCUT2D eigenvalue weighted by molar-refractivity contribution is 5.98. The zero-order valence-electron chi connectivity index (χ0n) is 19.8. The van der Waals surface area contributed by atoms with Crippen molar-refractivity contribution < 1.29 is 13.6 Å². The number of hydrogen-bond acceptors (Lipinski definition) is 1.